The molecule has 0 fully saturated rings. The van der Waals surface area contributed by atoms with Gasteiger partial charge < -0.3 is 19.7 Å². The number of methoxy groups -OCH3 is 2. The molecule has 0 radical (unpaired) electrons. The normalized spacial score (nSPS) is 12.6. The highest BCUT2D eigenvalue weighted by Gasteiger charge is 2.35. The van der Waals surface area contributed by atoms with Crippen LogP contribution in [0.25, 0.3) is 0 Å². The van der Waals surface area contributed by atoms with E-state index in [9.17, 15) is 18.0 Å². The first kappa shape index (κ1) is 33.7. The van der Waals surface area contributed by atoms with E-state index in [4.69, 9.17) is 21.1 Å². The number of amides is 2. The van der Waals surface area contributed by atoms with Crippen LogP contribution in [-0.4, -0.2) is 58.0 Å². The molecule has 11 heteroatoms. The van der Waals surface area contributed by atoms with Crippen LogP contribution in [0.5, 0.6) is 11.5 Å². The van der Waals surface area contributed by atoms with Gasteiger partial charge in [-0.15, -0.1) is 0 Å². The lowest BCUT2D eigenvalue weighted by Gasteiger charge is -2.34. The number of halogens is 1. The van der Waals surface area contributed by atoms with E-state index in [1.807, 2.05) is 27.7 Å². The molecule has 0 aliphatic heterocycles. The second-order valence-corrected chi connectivity index (χ2v) is 12.6. The SMILES string of the molecule is CC[C@H](C)NC(=O)[C@H](CC)N(Cc1ccc(Cl)cc1)C(=O)CN(c1cc(OC)ccc1OC)S(=O)(=O)c1ccc(C)cc1. The van der Waals surface area contributed by atoms with Crippen LogP contribution in [-0.2, 0) is 26.2 Å². The minimum Gasteiger partial charge on any atom is -0.497 e. The van der Waals surface area contributed by atoms with E-state index >= 15 is 0 Å². The Morgan fingerprint density at radius 1 is 0.930 bits per heavy atom. The summed E-state index contributed by atoms with van der Waals surface area (Å²) in [7, 11) is -1.40. The Morgan fingerprint density at radius 3 is 2.14 bits per heavy atom. The first-order valence-electron chi connectivity index (χ1n) is 14.1. The van der Waals surface area contributed by atoms with Crippen molar-refractivity contribution in [3.05, 3.63) is 82.9 Å². The molecule has 0 saturated heterocycles. The molecule has 0 aliphatic rings. The van der Waals surface area contributed by atoms with E-state index in [0.717, 1.165) is 15.4 Å². The van der Waals surface area contributed by atoms with Gasteiger partial charge >= 0.3 is 0 Å². The first-order valence-corrected chi connectivity index (χ1v) is 15.9. The summed E-state index contributed by atoms with van der Waals surface area (Å²) in [5, 5.41) is 3.50. The Kier molecular flexibility index (Phi) is 11.9. The number of sulfonamides is 1. The molecule has 9 nitrogen and oxygen atoms in total. The van der Waals surface area contributed by atoms with Gasteiger partial charge in [-0.05, 0) is 68.7 Å². The lowest BCUT2D eigenvalue weighted by Crippen LogP contribution is -2.53. The summed E-state index contributed by atoms with van der Waals surface area (Å²) in [6.45, 7) is 6.98. The quantitative estimate of drug-likeness (QED) is 0.250. The Morgan fingerprint density at radius 2 is 1.58 bits per heavy atom. The number of ether oxygens (including phenoxy) is 2. The van der Waals surface area contributed by atoms with Gasteiger partial charge in [0.25, 0.3) is 10.0 Å². The highest BCUT2D eigenvalue weighted by molar-refractivity contribution is 7.92. The van der Waals surface area contributed by atoms with E-state index in [0.29, 0.717) is 23.6 Å². The third-order valence-corrected chi connectivity index (χ3v) is 9.22. The van der Waals surface area contributed by atoms with Crippen molar-refractivity contribution in [1.82, 2.24) is 10.2 Å². The van der Waals surface area contributed by atoms with Crippen molar-refractivity contribution in [2.24, 2.45) is 0 Å². The number of rotatable bonds is 14. The van der Waals surface area contributed by atoms with E-state index in [2.05, 4.69) is 5.32 Å². The van der Waals surface area contributed by atoms with Crippen LogP contribution in [0.1, 0.15) is 44.7 Å². The molecule has 0 bridgehead atoms. The van der Waals surface area contributed by atoms with Gasteiger partial charge in [-0.25, -0.2) is 8.42 Å². The summed E-state index contributed by atoms with van der Waals surface area (Å²) in [5.41, 5.74) is 1.74. The van der Waals surface area contributed by atoms with Crippen LogP contribution in [0.4, 0.5) is 5.69 Å². The van der Waals surface area contributed by atoms with Crippen LogP contribution in [0, 0.1) is 6.92 Å². The fourth-order valence-corrected chi connectivity index (χ4v) is 6.03. The minimum atomic E-state index is -4.28. The maximum atomic E-state index is 14.3. The second kappa shape index (κ2) is 15.1. The minimum absolute atomic E-state index is 0.00146. The summed E-state index contributed by atoms with van der Waals surface area (Å²) < 4.78 is 40.3. The standard InChI is InChI=1S/C32H40ClN3O6S/c1-7-23(4)34-32(38)28(8-2)35(20-24-11-13-25(33)14-12-24)31(37)21-36(29-19-26(41-5)15-18-30(29)42-6)43(39,40)27-16-9-22(3)10-17-27/h9-19,23,28H,7-8,20-21H2,1-6H3,(H,34,38)/t23-,28-/m0/s1. The topological polar surface area (TPSA) is 105 Å². The fourth-order valence-electron chi connectivity index (χ4n) is 4.49. The summed E-state index contributed by atoms with van der Waals surface area (Å²) in [6, 6.07) is 17.1. The van der Waals surface area contributed by atoms with Crippen molar-refractivity contribution in [3.63, 3.8) is 0 Å². The number of benzene rings is 3. The molecule has 3 rings (SSSR count). The predicted molar refractivity (Wildman–Crippen MR) is 169 cm³/mol. The van der Waals surface area contributed by atoms with Crippen molar-refractivity contribution >= 4 is 39.1 Å². The predicted octanol–water partition coefficient (Wildman–Crippen LogP) is 5.58. The Bertz CT molecular complexity index is 1500. The van der Waals surface area contributed by atoms with Crippen LogP contribution in [0.15, 0.2) is 71.6 Å². The fraction of sp³-hybridized carbons (Fsp3) is 0.375. The summed E-state index contributed by atoms with van der Waals surface area (Å²) in [5.74, 6) is -0.271. The van der Waals surface area contributed by atoms with Crippen LogP contribution >= 0.6 is 11.6 Å². The van der Waals surface area contributed by atoms with Gasteiger partial charge in [-0.1, -0.05) is 55.3 Å². The molecule has 2 atom stereocenters. The number of carbonyl (C=O) groups is 2. The van der Waals surface area contributed by atoms with E-state index in [1.54, 1.807) is 48.5 Å². The molecule has 1 N–H and O–H groups in total. The number of anilines is 1. The molecule has 0 saturated carbocycles. The van der Waals surface area contributed by atoms with Gasteiger partial charge in [0, 0.05) is 23.7 Å². The molecule has 3 aromatic carbocycles. The van der Waals surface area contributed by atoms with Crippen LogP contribution in [0.3, 0.4) is 0 Å². The van der Waals surface area contributed by atoms with Gasteiger partial charge in [0.15, 0.2) is 0 Å². The van der Waals surface area contributed by atoms with Crippen molar-refractivity contribution in [1.29, 1.82) is 0 Å². The largest absolute Gasteiger partial charge is 0.497 e. The van der Waals surface area contributed by atoms with Crippen molar-refractivity contribution in [2.75, 3.05) is 25.1 Å². The molecule has 232 valence electrons. The maximum absolute atomic E-state index is 14.3. The average molecular weight is 630 g/mol. The highest BCUT2D eigenvalue weighted by Crippen LogP contribution is 2.36. The van der Waals surface area contributed by atoms with Gasteiger partial charge in [-0.3, -0.25) is 13.9 Å². The molecular weight excluding hydrogens is 590 g/mol. The number of carbonyl (C=O) groups excluding carboxylic acids is 2. The zero-order chi connectivity index (χ0) is 31.7. The molecular formula is C32H40ClN3O6S. The number of nitrogens with one attached hydrogen (secondary N) is 1. The van der Waals surface area contributed by atoms with E-state index in [1.165, 1.54) is 37.3 Å². The Balaban J connectivity index is 2.14. The zero-order valence-electron chi connectivity index (χ0n) is 25.5. The first-order chi connectivity index (χ1) is 20.4. The molecule has 2 amide bonds. The summed E-state index contributed by atoms with van der Waals surface area (Å²) in [4.78, 5) is 29.1. The smallest absolute Gasteiger partial charge is 0.264 e. The Labute approximate surface area is 259 Å². The van der Waals surface area contributed by atoms with E-state index < -0.39 is 28.5 Å². The molecule has 3 aromatic rings. The zero-order valence-corrected chi connectivity index (χ0v) is 27.0. The lowest BCUT2D eigenvalue weighted by atomic mass is 10.1. The molecule has 0 spiro atoms. The monoisotopic (exact) mass is 629 g/mol. The number of aryl methyl sites for hydroxylation is 1. The average Bonchev–Trinajstić information content (AvgIpc) is 3.00. The second-order valence-electron chi connectivity index (χ2n) is 10.3. The molecule has 0 aromatic heterocycles. The van der Waals surface area contributed by atoms with Crippen LogP contribution < -0.4 is 19.1 Å². The van der Waals surface area contributed by atoms with Gasteiger partial charge in [0.1, 0.15) is 24.1 Å². The maximum Gasteiger partial charge on any atom is 0.264 e. The van der Waals surface area contributed by atoms with E-state index in [-0.39, 0.29) is 34.8 Å². The van der Waals surface area contributed by atoms with Crippen LogP contribution in [0.2, 0.25) is 5.02 Å². The molecule has 0 unspecified atom stereocenters. The lowest BCUT2D eigenvalue weighted by molar-refractivity contribution is -0.140. The summed E-state index contributed by atoms with van der Waals surface area (Å²) in [6.07, 6.45) is 1.03. The third kappa shape index (κ3) is 8.42. The van der Waals surface area contributed by atoms with Gasteiger partial charge in [0.2, 0.25) is 11.8 Å². The molecule has 43 heavy (non-hydrogen) atoms. The molecule has 0 aliphatic carbocycles. The number of hydrogen-bond acceptors (Lipinski definition) is 6. The van der Waals surface area contributed by atoms with Crippen molar-refractivity contribution in [2.45, 2.75) is 64.1 Å². The third-order valence-electron chi connectivity index (χ3n) is 7.20. The Hall–Kier alpha value is -3.76. The number of hydrogen-bond donors (Lipinski definition) is 1. The van der Waals surface area contributed by atoms with Crippen molar-refractivity contribution < 1.29 is 27.5 Å². The molecule has 0 heterocycles. The number of nitrogens with zero attached hydrogens (tertiary/aromatic N) is 2. The van der Waals surface area contributed by atoms with Crippen molar-refractivity contribution in [3.8, 4) is 11.5 Å². The van der Waals surface area contributed by atoms with Gasteiger partial charge in [-0.2, -0.15) is 0 Å². The van der Waals surface area contributed by atoms with Gasteiger partial charge in [0.05, 0.1) is 24.8 Å². The highest BCUT2D eigenvalue weighted by atomic mass is 35.5. The summed E-state index contributed by atoms with van der Waals surface area (Å²) >= 11 is 6.09.